The molecule has 6 aliphatic rings. The van der Waals surface area contributed by atoms with E-state index in [4.69, 9.17) is 27.1 Å². The Morgan fingerprint density at radius 2 is 0.967 bits per heavy atom. The van der Waals surface area contributed by atoms with E-state index >= 15 is 0 Å². The molecule has 1 spiro atoms. The van der Waals surface area contributed by atoms with Gasteiger partial charge in [0.05, 0.1) is 0 Å². The molecular formula is C80H118O10P2. The Morgan fingerprint density at radius 1 is 0.489 bits per heavy atom. The Kier molecular flexibility index (Phi) is 21.5. The van der Waals surface area contributed by atoms with Gasteiger partial charge >= 0.3 is 533 Å². The zero-order valence-corrected chi connectivity index (χ0v) is 62.2. The van der Waals surface area contributed by atoms with E-state index in [1.165, 1.54) is 91.2 Å². The molecule has 92 heavy (non-hydrogen) atoms. The van der Waals surface area contributed by atoms with Crippen molar-refractivity contribution in [1.82, 2.24) is 0 Å². The van der Waals surface area contributed by atoms with Crippen molar-refractivity contribution >= 4 is 26.5 Å². The molecule has 12 heteroatoms. The van der Waals surface area contributed by atoms with Crippen molar-refractivity contribution in [2.75, 3.05) is 6.61 Å². The second-order valence-electron chi connectivity index (χ2n) is 32.2. The topological polar surface area (TPSA) is 136 Å². The summed E-state index contributed by atoms with van der Waals surface area (Å²) in [5, 5.41) is 48.9. The van der Waals surface area contributed by atoms with Crippen molar-refractivity contribution in [3.63, 3.8) is 0 Å². The first kappa shape index (κ1) is 72.5. The summed E-state index contributed by atoms with van der Waals surface area (Å²) in [6.07, 6.45) is 20.4. The van der Waals surface area contributed by atoms with Crippen LogP contribution >= 0.6 is 15.9 Å². The molecular weight excluding hydrogens is 1180 g/mol. The monoisotopic (exact) mass is 1300 g/mol. The van der Waals surface area contributed by atoms with Crippen LogP contribution in [0.15, 0.2) is 60.7 Å². The molecule has 6 heterocycles. The fourth-order valence-electron chi connectivity index (χ4n) is 15.8. The molecule has 11 rings (SSSR count). The quantitative estimate of drug-likeness (QED) is 0.0283. The minimum atomic E-state index is -5.33. The van der Waals surface area contributed by atoms with Crippen LogP contribution in [0.25, 0.3) is 11.1 Å². The number of rotatable bonds is 28. The van der Waals surface area contributed by atoms with Crippen LogP contribution in [-0.4, -0.2) is 44.6 Å². The number of aliphatic hydroxyl groups excluding tert-OH is 1. The summed E-state index contributed by atoms with van der Waals surface area (Å²) in [6, 6.07) is 22.8. The average Bonchev–Trinajstić information content (AvgIpc) is 1.42. The van der Waals surface area contributed by atoms with E-state index in [9.17, 15) is 20.4 Å². The molecule has 5 aromatic carbocycles. The maximum atomic E-state index is 13.6. The molecule has 6 fully saturated rings. The van der Waals surface area contributed by atoms with Crippen LogP contribution in [0.2, 0.25) is 0 Å². The third-order valence-corrected chi connectivity index (χ3v) is 25.9. The van der Waals surface area contributed by atoms with Crippen molar-refractivity contribution in [3.8, 4) is 22.6 Å². The predicted octanol–water partition coefficient (Wildman–Crippen LogP) is 21.3. The van der Waals surface area contributed by atoms with Gasteiger partial charge in [-0.05, 0) is 0 Å². The number of aliphatic hydroxyl groups is 2. The van der Waals surface area contributed by atoms with E-state index < -0.39 is 44.3 Å². The van der Waals surface area contributed by atoms with E-state index in [0.29, 0.717) is 11.5 Å². The molecule has 0 radical (unpaired) electrons. The first-order valence-electron chi connectivity index (χ1n) is 35.6. The molecule has 0 aliphatic carbocycles. The zero-order chi connectivity index (χ0) is 67.4. The molecule has 6 aliphatic heterocycles. The van der Waals surface area contributed by atoms with Gasteiger partial charge in [0.15, 0.2) is 0 Å². The molecule has 10 nitrogen and oxygen atoms in total. The van der Waals surface area contributed by atoms with Crippen LogP contribution in [0, 0.1) is 27.7 Å². The van der Waals surface area contributed by atoms with Crippen LogP contribution in [0.5, 0.6) is 11.5 Å². The van der Waals surface area contributed by atoms with Crippen LogP contribution < -0.4 is 10.6 Å². The van der Waals surface area contributed by atoms with Gasteiger partial charge in [-0.3, -0.25) is 0 Å². The van der Waals surface area contributed by atoms with E-state index in [-0.39, 0.29) is 42.1 Å². The molecule has 4 bridgehead atoms. The van der Waals surface area contributed by atoms with Gasteiger partial charge in [0.2, 0.25) is 0 Å². The summed E-state index contributed by atoms with van der Waals surface area (Å²) in [5.41, 5.74) is 15.8. The molecule has 0 saturated carbocycles. The van der Waals surface area contributed by atoms with E-state index in [2.05, 4.69) is 187 Å². The molecule has 508 valence electrons. The standard InChI is InChI=1S/C80H118O10P2/c1-21-25-27-29-31-33-38-56-40-41-58(57(48-56)39-34-32-30-28-26-22-2)72-71(60(37-24-4)63-50-65(75(12,13)14)68(83)45-53(63)6)55(8)47-70(73(72)77(18,19)20)92(88-79(80(84,89-92)90-92)78(42-35-43-81)85-91(86-78)87-79)69-46-54(7)62(51-66(69)76(15,16)17)59(36-23-3)61-49-64(74(9,10)11)67(82)44-52(61)5/h40-41,44-51,59-60,81-84H,21-39,42-43H2,1-20H3. The van der Waals surface area contributed by atoms with Crippen molar-refractivity contribution in [2.45, 2.75) is 318 Å². The number of aryl methyl sites for hydroxylation is 6. The van der Waals surface area contributed by atoms with Gasteiger partial charge in [0, 0.05) is 0 Å². The number of phenolic OH excluding ortho intramolecular Hbond substituents is 2. The summed E-state index contributed by atoms with van der Waals surface area (Å²) in [7, 11) is -7.29. The van der Waals surface area contributed by atoms with Gasteiger partial charge in [-0.25, -0.2) is 0 Å². The van der Waals surface area contributed by atoms with Crippen LogP contribution in [0.1, 0.15) is 316 Å². The average molecular weight is 1300 g/mol. The Bertz CT molecular complexity index is 3450. The first-order valence-corrected chi connectivity index (χ1v) is 38.7. The Labute approximate surface area is 556 Å². The van der Waals surface area contributed by atoms with Gasteiger partial charge in [0.1, 0.15) is 0 Å². The van der Waals surface area contributed by atoms with Crippen molar-refractivity contribution < 1.29 is 47.6 Å². The normalized spacial score (nSPS) is 22.7. The first-order chi connectivity index (χ1) is 43.1. The summed E-state index contributed by atoms with van der Waals surface area (Å²) in [4.78, 5) is 0. The Hall–Kier alpha value is -3.76. The van der Waals surface area contributed by atoms with Gasteiger partial charge in [-0.1, -0.05) is 26.7 Å². The van der Waals surface area contributed by atoms with E-state index in [1.54, 1.807) is 0 Å². The second kappa shape index (κ2) is 27.3. The molecule has 3 unspecified atom stereocenters. The van der Waals surface area contributed by atoms with Crippen molar-refractivity contribution in [3.05, 3.63) is 139 Å². The summed E-state index contributed by atoms with van der Waals surface area (Å²) in [5.74, 6) is -5.77. The number of hydrogen-bond donors (Lipinski definition) is 4. The third-order valence-electron chi connectivity index (χ3n) is 20.5. The zero-order valence-electron chi connectivity index (χ0n) is 60.4. The Balaban J connectivity index is 1.43. The fraction of sp³-hybridized carbons (Fsp3) is 0.625. The minimum absolute atomic E-state index is 0.0382. The van der Waals surface area contributed by atoms with Crippen LogP contribution in [0.3, 0.4) is 0 Å². The third kappa shape index (κ3) is 13.2. The molecule has 6 saturated heterocycles. The van der Waals surface area contributed by atoms with E-state index in [0.717, 1.165) is 124 Å². The van der Waals surface area contributed by atoms with Gasteiger partial charge in [-0.15, -0.1) is 0 Å². The number of aromatic hydroxyl groups is 2. The van der Waals surface area contributed by atoms with E-state index in [1.807, 2.05) is 12.1 Å². The van der Waals surface area contributed by atoms with Crippen LogP contribution in [-0.2, 0) is 61.6 Å². The van der Waals surface area contributed by atoms with Crippen molar-refractivity contribution in [2.24, 2.45) is 0 Å². The number of phenols is 2. The number of benzene rings is 5. The van der Waals surface area contributed by atoms with Crippen LogP contribution in [0.4, 0.5) is 0 Å². The molecule has 4 N–H and O–H groups in total. The van der Waals surface area contributed by atoms with Crippen molar-refractivity contribution in [1.29, 1.82) is 0 Å². The second-order valence-corrected chi connectivity index (χ2v) is 36.5. The summed E-state index contributed by atoms with van der Waals surface area (Å²) >= 11 is 0. The summed E-state index contributed by atoms with van der Waals surface area (Å²) in [6.45, 7) is 44.3. The summed E-state index contributed by atoms with van der Waals surface area (Å²) < 4.78 is 43.9. The van der Waals surface area contributed by atoms with Gasteiger partial charge in [-0.2, -0.15) is 0 Å². The molecule has 3 atom stereocenters. The molecule has 0 aromatic heterocycles. The number of unbranched alkanes of at least 4 members (excludes halogenated alkanes) is 10. The number of hydrogen-bond acceptors (Lipinski definition) is 10. The molecule has 0 amide bonds. The molecule has 5 aromatic rings. The predicted molar refractivity (Wildman–Crippen MR) is 382 cm³/mol. The maximum absolute atomic E-state index is 13.6. The van der Waals surface area contributed by atoms with Gasteiger partial charge in [0.25, 0.3) is 0 Å². The Morgan fingerprint density at radius 3 is 1.48 bits per heavy atom. The van der Waals surface area contributed by atoms with Gasteiger partial charge < -0.3 is 0 Å². The fourth-order valence-corrected chi connectivity index (χ4v) is 22.7. The SMILES string of the molecule is CCCCCCCCc1ccc(-c2c(C(CCC)c3cc(C(C)(C)C)c(O)cc3C)c(C)cc(P34(c5cc(C)c(C(CCC)c6cc(C(C)(C)C)c(O)cc6C)cc5C(C)(C)C)OC(O)(O3)C3(OP5OC3(CCCO)O5)O4)c2C(C)(C)C)c(CCCCCCCC)c1.